The maximum Gasteiger partial charge on any atom is 2.00 e. The van der Waals surface area contributed by atoms with Crippen molar-refractivity contribution in [3.05, 3.63) is 5.21 Å². The first-order chi connectivity index (χ1) is 12.2. The SMILES string of the molecule is CC(=O)N[O-].CC1=NCCCN(C)CCCNC(C)(C)C1.F[P-](F)(F)(F)(F)F.[Ni+2]. The number of carbonyl (C=O) groups is 1. The minimum Gasteiger partial charge on any atom is 2.00 e. The number of halogens is 6. The number of aliphatic imine (C=N–C) groups is 1. The Kier molecular flexibility index (Phi) is 14.2. The van der Waals surface area contributed by atoms with Gasteiger partial charge in [0.15, 0.2) is 0 Å². The Hall–Kier alpha value is -0.476. The Morgan fingerprint density at radius 2 is 1.59 bits per heavy atom. The molecule has 0 radical (unpaired) electrons. The molecule has 0 aliphatic carbocycles. The van der Waals surface area contributed by atoms with Gasteiger partial charge in [-0.25, -0.2) is 0 Å². The molecular weight excluding hydrogens is 472 g/mol. The number of rotatable bonds is 0. The van der Waals surface area contributed by atoms with Crippen molar-refractivity contribution in [1.82, 2.24) is 15.7 Å². The van der Waals surface area contributed by atoms with Crippen molar-refractivity contribution in [2.45, 2.75) is 52.5 Å². The molecule has 1 heterocycles. The van der Waals surface area contributed by atoms with Crippen LogP contribution in [0.2, 0.25) is 0 Å². The number of amides is 1. The molecule has 1 rings (SSSR count). The molecule has 2 N–H and O–H groups in total. The number of nitrogens with zero attached hydrogens (tertiary/aromatic N) is 2. The monoisotopic (exact) mass is 502 g/mol. The molecule has 29 heavy (non-hydrogen) atoms. The van der Waals surface area contributed by atoms with E-state index >= 15 is 0 Å². The predicted octanol–water partition coefficient (Wildman–Crippen LogP) is 4.93. The second-order valence-electron chi connectivity index (χ2n) is 7.23. The summed E-state index contributed by atoms with van der Waals surface area (Å²) in [6.45, 7) is 12.3. The van der Waals surface area contributed by atoms with Gasteiger partial charge >= 0.3 is 49.5 Å². The van der Waals surface area contributed by atoms with Crippen LogP contribution in [0.25, 0.3) is 0 Å². The molecule has 0 atom stereocenters. The quantitative estimate of drug-likeness (QED) is 0.213. The van der Waals surface area contributed by atoms with Gasteiger partial charge in [-0.1, -0.05) is 0 Å². The summed E-state index contributed by atoms with van der Waals surface area (Å²) in [6.07, 6.45) is 3.47. The Morgan fingerprint density at radius 3 is 2.00 bits per heavy atom. The van der Waals surface area contributed by atoms with Crippen LogP contribution in [-0.4, -0.2) is 55.3 Å². The van der Waals surface area contributed by atoms with Gasteiger partial charge in [0, 0.05) is 31.1 Å². The Bertz CT molecular complexity index is 506. The molecular formula is C15H31F6N4NiO2P. The topological polar surface area (TPSA) is 79.8 Å². The zero-order valence-corrected chi connectivity index (χ0v) is 19.1. The minimum atomic E-state index is -10.7. The molecule has 0 spiro atoms. The molecule has 1 aliphatic rings. The van der Waals surface area contributed by atoms with Crippen LogP contribution in [0.15, 0.2) is 4.99 Å². The summed E-state index contributed by atoms with van der Waals surface area (Å²) in [5, 5.41) is 12.7. The van der Waals surface area contributed by atoms with E-state index in [0.29, 0.717) is 0 Å². The van der Waals surface area contributed by atoms with Crippen LogP contribution in [0.3, 0.4) is 0 Å². The van der Waals surface area contributed by atoms with Crippen molar-refractivity contribution < 1.29 is 46.5 Å². The first kappa shape index (κ1) is 33.2. The number of hydrogen-bond donors (Lipinski definition) is 2. The van der Waals surface area contributed by atoms with Crippen LogP contribution in [0.5, 0.6) is 0 Å². The zero-order valence-electron chi connectivity index (χ0n) is 17.2. The van der Waals surface area contributed by atoms with E-state index in [4.69, 9.17) is 5.21 Å². The first-order valence-corrected chi connectivity index (χ1v) is 10.6. The van der Waals surface area contributed by atoms with Gasteiger partial charge in [-0.2, -0.15) is 0 Å². The van der Waals surface area contributed by atoms with Crippen LogP contribution < -0.4 is 10.8 Å². The molecule has 1 aliphatic heterocycles. The third-order valence-electron chi connectivity index (χ3n) is 3.24. The minimum absolute atomic E-state index is 0. The normalized spacial score (nSPS) is 20.8. The summed E-state index contributed by atoms with van der Waals surface area (Å²) in [5.41, 5.74) is 2.60. The number of hydroxylamine groups is 1. The summed E-state index contributed by atoms with van der Waals surface area (Å²) in [7, 11) is -8.46. The van der Waals surface area contributed by atoms with E-state index in [-0.39, 0.29) is 22.0 Å². The summed E-state index contributed by atoms with van der Waals surface area (Å²) in [6, 6.07) is 0. The van der Waals surface area contributed by atoms with Gasteiger partial charge in [-0.05, 0) is 60.3 Å². The smallest absolute Gasteiger partial charge is 2.00 e. The van der Waals surface area contributed by atoms with Gasteiger partial charge in [0.05, 0.1) is 0 Å². The molecule has 0 aromatic rings. The van der Waals surface area contributed by atoms with Crippen molar-refractivity contribution in [2.24, 2.45) is 4.99 Å². The molecule has 0 saturated carbocycles. The molecule has 0 saturated heterocycles. The van der Waals surface area contributed by atoms with E-state index in [2.05, 4.69) is 43.0 Å². The summed E-state index contributed by atoms with van der Waals surface area (Å²) < 4.78 is 59.2. The first-order valence-electron chi connectivity index (χ1n) is 8.60. The number of hydrogen-bond acceptors (Lipinski definition) is 5. The number of nitrogens with one attached hydrogen (secondary N) is 2. The van der Waals surface area contributed by atoms with Crippen LogP contribution >= 0.6 is 7.81 Å². The van der Waals surface area contributed by atoms with Gasteiger partial charge in [0.25, 0.3) is 0 Å². The standard InChI is InChI=1S/C13H27N3.C2H4NO2.F6P.Ni/c1-12-11-13(2,3)15-8-6-10-16(4)9-5-7-14-12;1-2(4)3-5;1-7(2,3,4,5)6;/h15H,5-11H2,1-4H3;1H3,(H-,3,4,5);;/q;2*-1;+2. The molecule has 1 amide bonds. The Balaban J connectivity index is -0.000000434. The van der Waals surface area contributed by atoms with E-state index in [1.807, 2.05) is 0 Å². The Morgan fingerprint density at radius 1 is 1.17 bits per heavy atom. The molecule has 0 bridgehead atoms. The van der Waals surface area contributed by atoms with E-state index in [9.17, 15) is 30.0 Å². The van der Waals surface area contributed by atoms with Gasteiger partial charge in [-0.3, -0.25) is 9.79 Å². The van der Waals surface area contributed by atoms with Gasteiger partial charge in [-0.15, -0.1) is 0 Å². The van der Waals surface area contributed by atoms with Crippen molar-refractivity contribution in [1.29, 1.82) is 0 Å². The van der Waals surface area contributed by atoms with E-state index in [1.165, 1.54) is 31.6 Å². The zero-order chi connectivity index (χ0) is 22.7. The van der Waals surface area contributed by atoms with Crippen LogP contribution in [0.4, 0.5) is 25.2 Å². The van der Waals surface area contributed by atoms with Crippen molar-refractivity contribution >= 4 is 19.4 Å². The summed E-state index contributed by atoms with van der Waals surface area (Å²) in [5.74, 6) is -0.551. The van der Waals surface area contributed by atoms with E-state index in [0.717, 1.165) is 31.9 Å². The molecule has 0 fully saturated rings. The van der Waals surface area contributed by atoms with Gasteiger partial charge in [0.1, 0.15) is 0 Å². The van der Waals surface area contributed by atoms with Gasteiger partial charge in [0.2, 0.25) is 5.91 Å². The maximum atomic E-state index is 9.87. The molecule has 14 heteroatoms. The average Bonchev–Trinajstić information content (AvgIpc) is 2.44. The predicted molar refractivity (Wildman–Crippen MR) is 102 cm³/mol. The molecule has 6 nitrogen and oxygen atoms in total. The van der Waals surface area contributed by atoms with Crippen molar-refractivity contribution in [2.75, 3.05) is 33.2 Å². The van der Waals surface area contributed by atoms with Crippen LogP contribution in [0.1, 0.15) is 47.0 Å². The second kappa shape index (κ2) is 12.4. The molecule has 180 valence electrons. The third-order valence-corrected chi connectivity index (χ3v) is 3.24. The fourth-order valence-electron chi connectivity index (χ4n) is 2.26. The number of carbonyl (C=O) groups excluding carboxylic acids is 1. The average molecular weight is 503 g/mol. The Labute approximate surface area is 178 Å². The summed E-state index contributed by atoms with van der Waals surface area (Å²) in [4.78, 5) is 16.4. The molecule has 0 aromatic heterocycles. The fraction of sp³-hybridized carbons (Fsp3) is 0.867. The van der Waals surface area contributed by atoms with Crippen LogP contribution in [0, 0.1) is 5.21 Å². The molecule has 0 aromatic carbocycles. The summed E-state index contributed by atoms with van der Waals surface area (Å²) >= 11 is 0. The van der Waals surface area contributed by atoms with Crippen molar-refractivity contribution in [3.63, 3.8) is 0 Å². The van der Waals surface area contributed by atoms with E-state index in [1.54, 1.807) is 0 Å². The second-order valence-corrected chi connectivity index (χ2v) is 9.15. The van der Waals surface area contributed by atoms with Crippen LogP contribution in [-0.2, 0) is 21.3 Å². The molecule has 0 unspecified atom stereocenters. The van der Waals surface area contributed by atoms with Crippen molar-refractivity contribution in [3.8, 4) is 0 Å². The maximum absolute atomic E-state index is 10.7. The van der Waals surface area contributed by atoms with Gasteiger partial charge < -0.3 is 20.9 Å². The largest absolute Gasteiger partial charge is 2.00 e. The van der Waals surface area contributed by atoms with E-state index < -0.39 is 13.7 Å². The fourth-order valence-corrected chi connectivity index (χ4v) is 2.26. The third kappa shape index (κ3) is 38.7.